The molecule has 118 valence electrons. The summed E-state index contributed by atoms with van der Waals surface area (Å²) in [5.41, 5.74) is -1.01. The highest BCUT2D eigenvalue weighted by molar-refractivity contribution is 6.31. The zero-order valence-corrected chi connectivity index (χ0v) is 13.1. The molecule has 0 spiro atoms. The van der Waals surface area contributed by atoms with Crippen LogP contribution in [0.4, 0.5) is 0 Å². The van der Waals surface area contributed by atoms with Gasteiger partial charge < -0.3 is 15.3 Å². The zero-order chi connectivity index (χ0) is 16.0. The lowest BCUT2D eigenvalue weighted by atomic mass is 9.88. The molecule has 6 nitrogen and oxygen atoms in total. The maximum Gasteiger partial charge on any atom is 0.137 e. The maximum absolute atomic E-state index is 11.1. The Morgan fingerprint density at radius 1 is 1.32 bits per heavy atom. The van der Waals surface area contributed by atoms with Crippen LogP contribution in [-0.4, -0.2) is 40.6 Å². The number of hydrogen-bond acceptors (Lipinski definition) is 5. The summed E-state index contributed by atoms with van der Waals surface area (Å²) in [7, 11) is 0. The molecule has 1 aliphatic rings. The van der Waals surface area contributed by atoms with Crippen LogP contribution in [-0.2, 0) is 13.0 Å². The molecule has 2 aromatic rings. The van der Waals surface area contributed by atoms with Crippen molar-refractivity contribution in [1.29, 1.82) is 0 Å². The van der Waals surface area contributed by atoms with E-state index in [4.69, 9.17) is 23.2 Å². The molecule has 1 aromatic heterocycles. The van der Waals surface area contributed by atoms with Crippen LogP contribution in [0.25, 0.3) is 0 Å². The van der Waals surface area contributed by atoms with Crippen LogP contribution in [0.1, 0.15) is 18.4 Å². The number of aliphatic hydroxyl groups is 1. The average Bonchev–Trinajstić information content (AvgIpc) is 2.99. The van der Waals surface area contributed by atoms with Crippen molar-refractivity contribution in [3.8, 4) is 11.5 Å². The standard InChI is InChI=1S/C14H15Cl2N3O3/c15-11-3-9(20)4-12(21)10(11)5-14(22,13(16)1-2-13)6-19-8-17-7-18-19/h3-4,7-8,20-22H,1-2,5-6H2. The van der Waals surface area contributed by atoms with Crippen LogP contribution >= 0.6 is 23.2 Å². The fourth-order valence-corrected chi connectivity index (χ4v) is 3.09. The van der Waals surface area contributed by atoms with Gasteiger partial charge in [0, 0.05) is 18.1 Å². The highest BCUT2D eigenvalue weighted by Gasteiger charge is 2.58. The highest BCUT2D eigenvalue weighted by atomic mass is 35.5. The summed E-state index contributed by atoms with van der Waals surface area (Å²) in [5, 5.41) is 34.7. The molecule has 1 unspecified atom stereocenters. The number of phenolic OH excluding ortho intramolecular Hbond substituents is 2. The molecule has 1 aliphatic carbocycles. The molecular weight excluding hydrogens is 329 g/mol. The van der Waals surface area contributed by atoms with Gasteiger partial charge in [0.25, 0.3) is 0 Å². The van der Waals surface area contributed by atoms with Crippen LogP contribution in [0.3, 0.4) is 0 Å². The number of benzene rings is 1. The van der Waals surface area contributed by atoms with Crippen LogP contribution in [0, 0.1) is 0 Å². The Bertz CT molecular complexity index is 666. The van der Waals surface area contributed by atoms with Crippen molar-refractivity contribution in [2.24, 2.45) is 0 Å². The smallest absolute Gasteiger partial charge is 0.137 e. The number of nitrogens with zero attached hydrogens (tertiary/aromatic N) is 3. The second kappa shape index (κ2) is 5.30. The van der Waals surface area contributed by atoms with E-state index < -0.39 is 10.5 Å². The minimum Gasteiger partial charge on any atom is -0.508 e. The third-order valence-electron chi connectivity index (χ3n) is 4.04. The topological polar surface area (TPSA) is 91.4 Å². The van der Waals surface area contributed by atoms with Crippen molar-refractivity contribution in [2.45, 2.75) is 36.3 Å². The summed E-state index contributed by atoms with van der Waals surface area (Å²) in [6.45, 7) is 0.132. The van der Waals surface area contributed by atoms with Gasteiger partial charge in [0.15, 0.2) is 0 Å². The van der Waals surface area contributed by atoms with Gasteiger partial charge in [-0.25, -0.2) is 9.67 Å². The molecule has 0 saturated heterocycles. The second-order valence-electron chi connectivity index (χ2n) is 5.69. The number of alkyl halides is 1. The SMILES string of the molecule is Oc1cc(O)c(CC(O)(Cn2cncn2)C2(Cl)CC2)c(Cl)c1. The van der Waals surface area contributed by atoms with E-state index in [1.807, 2.05) is 0 Å². The molecule has 0 radical (unpaired) electrons. The summed E-state index contributed by atoms with van der Waals surface area (Å²) < 4.78 is 1.49. The summed E-state index contributed by atoms with van der Waals surface area (Å²) in [4.78, 5) is 3.07. The third kappa shape index (κ3) is 2.74. The summed E-state index contributed by atoms with van der Waals surface area (Å²) >= 11 is 12.6. The van der Waals surface area contributed by atoms with Crippen molar-refractivity contribution in [3.05, 3.63) is 35.4 Å². The Morgan fingerprint density at radius 2 is 2.05 bits per heavy atom. The van der Waals surface area contributed by atoms with E-state index in [1.54, 1.807) is 0 Å². The molecule has 0 bridgehead atoms. The van der Waals surface area contributed by atoms with Crippen molar-refractivity contribution >= 4 is 23.2 Å². The summed E-state index contributed by atoms with van der Waals surface area (Å²) in [5.74, 6) is -0.319. The fraction of sp³-hybridized carbons (Fsp3) is 0.429. The van der Waals surface area contributed by atoms with E-state index in [0.29, 0.717) is 18.4 Å². The van der Waals surface area contributed by atoms with Gasteiger partial charge in [0.1, 0.15) is 29.8 Å². The molecule has 0 amide bonds. The average molecular weight is 344 g/mol. The predicted octanol–water partition coefficient (Wildman–Crippen LogP) is 2.09. The van der Waals surface area contributed by atoms with Crippen molar-refractivity contribution < 1.29 is 15.3 Å². The number of phenols is 2. The van der Waals surface area contributed by atoms with Gasteiger partial charge in [-0.15, -0.1) is 11.6 Å². The monoisotopic (exact) mass is 343 g/mol. The third-order valence-corrected chi connectivity index (χ3v) is 5.11. The first kappa shape index (κ1) is 15.4. The number of aromatic hydroxyl groups is 2. The van der Waals surface area contributed by atoms with E-state index in [9.17, 15) is 15.3 Å². The molecule has 1 aromatic carbocycles. The molecule has 1 heterocycles. The minimum absolute atomic E-state index is 0.0430. The van der Waals surface area contributed by atoms with Crippen molar-refractivity contribution in [3.63, 3.8) is 0 Å². The lowest BCUT2D eigenvalue weighted by Crippen LogP contribution is -2.47. The normalized spacial score (nSPS) is 18.9. The van der Waals surface area contributed by atoms with E-state index in [0.717, 1.165) is 0 Å². The van der Waals surface area contributed by atoms with E-state index in [1.165, 1.54) is 29.5 Å². The van der Waals surface area contributed by atoms with Crippen LogP contribution in [0.2, 0.25) is 5.02 Å². The van der Waals surface area contributed by atoms with Crippen molar-refractivity contribution in [2.75, 3.05) is 0 Å². The summed E-state index contributed by atoms with van der Waals surface area (Å²) in [6.07, 6.45) is 4.23. The zero-order valence-electron chi connectivity index (χ0n) is 11.6. The van der Waals surface area contributed by atoms with E-state index in [-0.39, 0.29) is 29.5 Å². The molecule has 3 rings (SSSR count). The van der Waals surface area contributed by atoms with Crippen LogP contribution in [0.15, 0.2) is 24.8 Å². The Kier molecular flexibility index (Phi) is 3.71. The van der Waals surface area contributed by atoms with Crippen LogP contribution in [0.5, 0.6) is 11.5 Å². The molecular formula is C14H15Cl2N3O3. The Labute approximate surface area is 136 Å². The first-order valence-electron chi connectivity index (χ1n) is 6.77. The molecule has 22 heavy (non-hydrogen) atoms. The lowest BCUT2D eigenvalue weighted by molar-refractivity contribution is 0.00718. The quantitative estimate of drug-likeness (QED) is 0.723. The van der Waals surface area contributed by atoms with Gasteiger partial charge in [-0.2, -0.15) is 5.10 Å². The minimum atomic E-state index is -1.35. The number of rotatable bonds is 5. The predicted molar refractivity (Wildman–Crippen MR) is 81.3 cm³/mol. The number of hydrogen-bond donors (Lipinski definition) is 3. The Hall–Kier alpha value is -1.50. The molecule has 1 saturated carbocycles. The number of halogens is 2. The second-order valence-corrected chi connectivity index (χ2v) is 6.82. The van der Waals surface area contributed by atoms with Gasteiger partial charge in [0.2, 0.25) is 0 Å². The van der Waals surface area contributed by atoms with Gasteiger partial charge in [0.05, 0.1) is 16.4 Å². The number of aromatic nitrogens is 3. The van der Waals surface area contributed by atoms with E-state index in [2.05, 4.69) is 10.1 Å². The van der Waals surface area contributed by atoms with E-state index >= 15 is 0 Å². The lowest BCUT2D eigenvalue weighted by Gasteiger charge is -2.33. The molecule has 0 aliphatic heterocycles. The van der Waals surface area contributed by atoms with Gasteiger partial charge in [-0.3, -0.25) is 0 Å². The van der Waals surface area contributed by atoms with Crippen molar-refractivity contribution in [1.82, 2.24) is 14.8 Å². The van der Waals surface area contributed by atoms with Gasteiger partial charge >= 0.3 is 0 Å². The first-order valence-corrected chi connectivity index (χ1v) is 7.53. The Balaban J connectivity index is 1.94. The molecule has 1 fully saturated rings. The van der Waals surface area contributed by atoms with Gasteiger partial charge in [-0.05, 0) is 18.9 Å². The molecule has 1 atom stereocenters. The van der Waals surface area contributed by atoms with Gasteiger partial charge in [-0.1, -0.05) is 11.6 Å². The van der Waals surface area contributed by atoms with Crippen LogP contribution < -0.4 is 0 Å². The maximum atomic E-state index is 11.1. The summed E-state index contributed by atoms with van der Waals surface area (Å²) in [6, 6.07) is 2.51. The fourth-order valence-electron chi connectivity index (χ4n) is 2.59. The molecule has 8 heteroatoms. The Morgan fingerprint density at radius 3 is 2.59 bits per heavy atom. The highest BCUT2D eigenvalue weighted by Crippen LogP contribution is 2.53. The largest absolute Gasteiger partial charge is 0.508 e. The first-order chi connectivity index (χ1) is 10.3. The molecule has 3 N–H and O–H groups in total.